The smallest absolute Gasteiger partial charge is 0.0819 e. The van der Waals surface area contributed by atoms with E-state index in [-0.39, 0.29) is 5.41 Å². The van der Waals surface area contributed by atoms with Crippen molar-refractivity contribution in [1.82, 2.24) is 0 Å². The molecule has 20 heavy (non-hydrogen) atoms. The summed E-state index contributed by atoms with van der Waals surface area (Å²) in [7, 11) is 0. The van der Waals surface area contributed by atoms with Gasteiger partial charge in [0, 0.05) is 0 Å². The maximum absolute atomic E-state index is 4.45. The topological polar surface area (TPSA) is 24.7 Å². The van der Waals surface area contributed by atoms with E-state index in [1.54, 1.807) is 0 Å². The lowest BCUT2D eigenvalue weighted by atomic mass is 9.77. The molecule has 0 N–H and O–H groups in total. The molecule has 0 spiro atoms. The molecule has 0 radical (unpaired) electrons. The number of nitrogens with zero attached hydrogens (tertiary/aromatic N) is 2. The van der Waals surface area contributed by atoms with E-state index >= 15 is 0 Å². The van der Waals surface area contributed by atoms with Crippen molar-refractivity contribution in [3.05, 3.63) is 71.3 Å². The van der Waals surface area contributed by atoms with Crippen LogP contribution in [0.1, 0.15) is 30.5 Å². The molecule has 0 aliphatic carbocycles. The van der Waals surface area contributed by atoms with Gasteiger partial charge in [0.1, 0.15) is 0 Å². The van der Waals surface area contributed by atoms with Gasteiger partial charge in [0.25, 0.3) is 0 Å². The Bertz CT molecular complexity index is 677. The summed E-state index contributed by atoms with van der Waals surface area (Å²) in [6.07, 6.45) is 0. The maximum Gasteiger partial charge on any atom is 0.0819 e. The standard InChI is InChI=1S/C18H18N2/c1-13-9-11-15(12-10-13)17-18(2,3)16(19-20-17)14-7-5-4-6-8-14/h4-12H,1-3H3. The molecule has 2 aromatic rings. The number of rotatable bonds is 2. The summed E-state index contributed by atoms with van der Waals surface area (Å²) < 4.78 is 0. The number of benzene rings is 2. The highest BCUT2D eigenvalue weighted by molar-refractivity contribution is 6.25. The van der Waals surface area contributed by atoms with Crippen LogP contribution in [0.5, 0.6) is 0 Å². The molecule has 2 aromatic carbocycles. The van der Waals surface area contributed by atoms with Crippen molar-refractivity contribution < 1.29 is 0 Å². The Morgan fingerprint density at radius 1 is 0.700 bits per heavy atom. The second-order valence-electron chi connectivity index (χ2n) is 5.75. The van der Waals surface area contributed by atoms with Gasteiger partial charge in [-0.3, -0.25) is 0 Å². The van der Waals surface area contributed by atoms with E-state index in [1.807, 2.05) is 18.2 Å². The van der Waals surface area contributed by atoms with Gasteiger partial charge in [0.15, 0.2) is 0 Å². The van der Waals surface area contributed by atoms with Crippen molar-refractivity contribution in [3.8, 4) is 0 Å². The minimum Gasteiger partial charge on any atom is -0.154 e. The Morgan fingerprint density at radius 2 is 1.20 bits per heavy atom. The molecule has 2 heteroatoms. The van der Waals surface area contributed by atoms with E-state index in [4.69, 9.17) is 0 Å². The fourth-order valence-electron chi connectivity index (χ4n) is 2.61. The molecular weight excluding hydrogens is 244 g/mol. The van der Waals surface area contributed by atoms with Gasteiger partial charge in [-0.05, 0) is 31.9 Å². The van der Waals surface area contributed by atoms with Crippen LogP contribution in [0.2, 0.25) is 0 Å². The molecular formula is C18H18N2. The lowest BCUT2D eigenvalue weighted by Crippen LogP contribution is -2.31. The predicted octanol–water partition coefficient (Wildman–Crippen LogP) is 4.23. The Morgan fingerprint density at radius 3 is 1.75 bits per heavy atom. The van der Waals surface area contributed by atoms with Crippen LogP contribution in [0.15, 0.2) is 64.8 Å². The molecule has 3 rings (SSSR count). The minimum absolute atomic E-state index is 0.170. The summed E-state index contributed by atoms with van der Waals surface area (Å²) in [5.41, 5.74) is 5.45. The molecule has 1 aliphatic rings. The number of hydrogen-bond donors (Lipinski definition) is 0. The van der Waals surface area contributed by atoms with E-state index < -0.39 is 0 Å². The van der Waals surface area contributed by atoms with Crippen LogP contribution in [0, 0.1) is 12.3 Å². The third kappa shape index (κ3) is 2.07. The third-order valence-electron chi connectivity index (χ3n) is 3.81. The highest BCUT2D eigenvalue weighted by atomic mass is 15.2. The first kappa shape index (κ1) is 12.8. The van der Waals surface area contributed by atoms with Gasteiger partial charge in [-0.15, -0.1) is 0 Å². The summed E-state index contributed by atoms with van der Waals surface area (Å²) in [5.74, 6) is 0. The molecule has 1 aliphatic heterocycles. The van der Waals surface area contributed by atoms with Gasteiger partial charge in [-0.1, -0.05) is 60.2 Å². The highest BCUT2D eigenvalue weighted by Gasteiger charge is 2.37. The van der Waals surface area contributed by atoms with Crippen LogP contribution < -0.4 is 0 Å². The molecule has 0 bridgehead atoms. The third-order valence-corrected chi connectivity index (χ3v) is 3.81. The van der Waals surface area contributed by atoms with Crippen LogP contribution >= 0.6 is 0 Å². The van der Waals surface area contributed by atoms with Gasteiger partial charge in [0.05, 0.1) is 16.8 Å². The summed E-state index contributed by atoms with van der Waals surface area (Å²) in [6.45, 7) is 6.46. The summed E-state index contributed by atoms with van der Waals surface area (Å²) >= 11 is 0. The molecule has 0 saturated carbocycles. The van der Waals surface area contributed by atoms with Crippen molar-refractivity contribution in [3.63, 3.8) is 0 Å². The van der Waals surface area contributed by atoms with Crippen molar-refractivity contribution in [2.75, 3.05) is 0 Å². The Kier molecular flexibility index (Phi) is 3.01. The normalized spacial score (nSPS) is 16.8. The van der Waals surface area contributed by atoms with Crippen molar-refractivity contribution in [2.45, 2.75) is 20.8 Å². The molecule has 0 atom stereocenters. The second-order valence-corrected chi connectivity index (χ2v) is 5.75. The van der Waals surface area contributed by atoms with Crippen LogP contribution in [0.25, 0.3) is 0 Å². The van der Waals surface area contributed by atoms with Crippen molar-refractivity contribution >= 4 is 11.4 Å². The van der Waals surface area contributed by atoms with E-state index in [0.717, 1.165) is 22.6 Å². The lowest BCUT2D eigenvalue weighted by Gasteiger charge is -2.23. The first-order valence-corrected chi connectivity index (χ1v) is 6.88. The monoisotopic (exact) mass is 262 g/mol. The van der Waals surface area contributed by atoms with Gasteiger partial charge in [0.2, 0.25) is 0 Å². The quantitative estimate of drug-likeness (QED) is 0.774. The van der Waals surface area contributed by atoms with E-state index in [2.05, 4.69) is 67.4 Å². The van der Waals surface area contributed by atoms with E-state index in [1.165, 1.54) is 5.56 Å². The van der Waals surface area contributed by atoms with Gasteiger partial charge >= 0.3 is 0 Å². The molecule has 2 nitrogen and oxygen atoms in total. The van der Waals surface area contributed by atoms with Crippen LogP contribution in [-0.2, 0) is 0 Å². The Balaban J connectivity index is 1.97. The minimum atomic E-state index is -0.170. The average molecular weight is 262 g/mol. The number of hydrogen-bond acceptors (Lipinski definition) is 2. The SMILES string of the molecule is Cc1ccc(C2=NN=C(c3ccccc3)C2(C)C)cc1. The summed E-state index contributed by atoms with van der Waals surface area (Å²) in [5, 5.41) is 8.89. The maximum atomic E-state index is 4.45. The van der Waals surface area contributed by atoms with Crippen molar-refractivity contribution in [2.24, 2.45) is 15.6 Å². The fraction of sp³-hybridized carbons (Fsp3) is 0.222. The van der Waals surface area contributed by atoms with E-state index in [9.17, 15) is 0 Å². The highest BCUT2D eigenvalue weighted by Crippen LogP contribution is 2.33. The van der Waals surface area contributed by atoms with Crippen molar-refractivity contribution in [1.29, 1.82) is 0 Å². The van der Waals surface area contributed by atoms with Gasteiger partial charge in [-0.25, -0.2) is 0 Å². The largest absolute Gasteiger partial charge is 0.154 e. The molecule has 0 saturated heterocycles. The number of aryl methyl sites for hydroxylation is 1. The zero-order valence-corrected chi connectivity index (χ0v) is 12.1. The molecule has 0 amide bonds. The van der Waals surface area contributed by atoms with Gasteiger partial charge < -0.3 is 0 Å². The average Bonchev–Trinajstić information content (AvgIpc) is 2.76. The van der Waals surface area contributed by atoms with Crippen LogP contribution in [0.3, 0.4) is 0 Å². The zero-order valence-electron chi connectivity index (χ0n) is 12.1. The summed E-state index contributed by atoms with van der Waals surface area (Å²) in [4.78, 5) is 0. The van der Waals surface area contributed by atoms with Gasteiger partial charge in [-0.2, -0.15) is 10.2 Å². The Hall–Kier alpha value is -2.22. The predicted molar refractivity (Wildman–Crippen MR) is 84.5 cm³/mol. The fourth-order valence-corrected chi connectivity index (χ4v) is 2.61. The second kappa shape index (κ2) is 4.71. The Labute approximate surface area is 119 Å². The first-order chi connectivity index (χ1) is 9.59. The van der Waals surface area contributed by atoms with Crippen LogP contribution in [0.4, 0.5) is 0 Å². The van der Waals surface area contributed by atoms with Crippen LogP contribution in [-0.4, -0.2) is 11.4 Å². The molecule has 0 unspecified atom stereocenters. The van der Waals surface area contributed by atoms with E-state index in [0.29, 0.717) is 0 Å². The molecule has 1 heterocycles. The molecule has 0 fully saturated rings. The molecule has 100 valence electrons. The lowest BCUT2D eigenvalue weighted by molar-refractivity contribution is 0.745. The molecule has 0 aromatic heterocycles. The first-order valence-electron chi connectivity index (χ1n) is 6.88. The zero-order chi connectivity index (χ0) is 14.2. The summed E-state index contributed by atoms with van der Waals surface area (Å²) in [6, 6.07) is 18.8.